The Morgan fingerprint density at radius 2 is 1.90 bits per heavy atom. The molecule has 3 aromatic rings. The highest BCUT2D eigenvalue weighted by molar-refractivity contribution is 7.99. The minimum atomic E-state index is -0.336. The minimum Gasteiger partial charge on any atom is -0.382 e. The highest BCUT2D eigenvalue weighted by Gasteiger charge is 2.22. The molecule has 29 heavy (non-hydrogen) atoms. The fraction of sp³-hybridized carbons (Fsp3) is 0.200. The Balaban J connectivity index is 1.77. The zero-order chi connectivity index (χ0) is 21.0. The number of thioether (sulfide) groups is 1. The van der Waals surface area contributed by atoms with Gasteiger partial charge < -0.3 is 16.0 Å². The van der Waals surface area contributed by atoms with Gasteiger partial charge in [-0.3, -0.25) is 4.79 Å². The van der Waals surface area contributed by atoms with E-state index in [1.807, 2.05) is 18.2 Å². The quantitative estimate of drug-likeness (QED) is 0.329. The molecule has 0 radical (unpaired) electrons. The van der Waals surface area contributed by atoms with Gasteiger partial charge in [0.05, 0.1) is 15.6 Å². The molecule has 0 aliphatic rings. The van der Waals surface area contributed by atoms with Crippen LogP contribution in [0.15, 0.2) is 47.4 Å². The maximum atomic E-state index is 12.9. The van der Waals surface area contributed by atoms with Gasteiger partial charge in [0, 0.05) is 22.9 Å². The largest absolute Gasteiger partial charge is 0.382 e. The third-order valence-corrected chi connectivity index (χ3v) is 6.53. The van der Waals surface area contributed by atoms with Crippen LogP contribution in [0.2, 0.25) is 10.0 Å². The smallest absolute Gasteiger partial charge is 0.209 e. The number of nitrogens with one attached hydrogen (secondary N) is 1. The molecule has 0 saturated carbocycles. The number of ketones is 1. The molecule has 3 N–H and O–H groups in total. The van der Waals surface area contributed by atoms with Gasteiger partial charge in [0.1, 0.15) is 10.7 Å². The monoisotopic (exact) mass is 466 g/mol. The summed E-state index contributed by atoms with van der Waals surface area (Å²) in [7, 11) is 4.11. The van der Waals surface area contributed by atoms with Crippen molar-refractivity contribution >= 4 is 68.7 Å². The number of anilines is 3. The van der Waals surface area contributed by atoms with Crippen molar-refractivity contribution in [3.8, 4) is 0 Å². The molecule has 0 bridgehead atoms. The lowest BCUT2D eigenvalue weighted by Crippen LogP contribution is -2.14. The lowest BCUT2D eigenvalue weighted by Gasteiger charge is -2.09. The molecule has 5 nitrogen and oxygen atoms in total. The van der Waals surface area contributed by atoms with Crippen LogP contribution in [0.1, 0.15) is 15.2 Å². The van der Waals surface area contributed by atoms with E-state index in [1.165, 1.54) is 11.3 Å². The van der Waals surface area contributed by atoms with Crippen molar-refractivity contribution < 1.29 is 4.79 Å². The summed E-state index contributed by atoms with van der Waals surface area (Å²) in [4.78, 5) is 20.8. The van der Waals surface area contributed by atoms with Crippen LogP contribution in [0.4, 0.5) is 16.6 Å². The van der Waals surface area contributed by atoms with Crippen molar-refractivity contribution in [1.82, 2.24) is 9.88 Å². The number of nitrogen functional groups attached to an aromatic ring is 1. The Bertz CT molecular complexity index is 1000. The molecule has 1 heterocycles. The Hall–Kier alpha value is -1.77. The first-order valence-corrected chi connectivity index (χ1v) is 11.3. The SMILES string of the molecule is CN(C)CCSc1cccc(Nc2nc(N)c(C(=O)c3c(Cl)cccc3Cl)s2)c1. The highest BCUT2D eigenvalue weighted by atomic mass is 35.5. The summed E-state index contributed by atoms with van der Waals surface area (Å²) in [6.07, 6.45) is 0. The number of benzene rings is 2. The van der Waals surface area contributed by atoms with E-state index in [0.29, 0.717) is 10.0 Å². The van der Waals surface area contributed by atoms with Gasteiger partial charge in [-0.15, -0.1) is 11.8 Å². The Kier molecular flexibility index (Phi) is 7.43. The Morgan fingerprint density at radius 1 is 1.21 bits per heavy atom. The number of halogens is 2. The van der Waals surface area contributed by atoms with Gasteiger partial charge in [-0.25, -0.2) is 4.98 Å². The molecule has 9 heteroatoms. The van der Waals surface area contributed by atoms with Crippen molar-refractivity contribution in [2.45, 2.75) is 4.90 Å². The molecule has 0 spiro atoms. The van der Waals surface area contributed by atoms with Crippen LogP contribution in [0.5, 0.6) is 0 Å². The average molecular weight is 467 g/mol. The minimum absolute atomic E-state index is 0.148. The predicted octanol–water partition coefficient (Wildman–Crippen LogP) is 5.66. The number of thiazole rings is 1. The molecule has 3 rings (SSSR count). The number of nitrogens with zero attached hydrogens (tertiary/aromatic N) is 2. The average Bonchev–Trinajstić information content (AvgIpc) is 3.01. The van der Waals surface area contributed by atoms with E-state index >= 15 is 0 Å². The van der Waals surface area contributed by atoms with Crippen LogP contribution in [0, 0.1) is 0 Å². The summed E-state index contributed by atoms with van der Waals surface area (Å²) in [6.45, 7) is 1.00. The fourth-order valence-corrected chi connectivity index (χ4v) is 5.01. The van der Waals surface area contributed by atoms with Crippen LogP contribution in [-0.2, 0) is 0 Å². The number of aromatic nitrogens is 1. The summed E-state index contributed by atoms with van der Waals surface area (Å²) >= 11 is 15.3. The second-order valence-corrected chi connectivity index (χ2v) is 9.45. The van der Waals surface area contributed by atoms with E-state index in [1.54, 1.807) is 30.0 Å². The predicted molar refractivity (Wildman–Crippen MR) is 125 cm³/mol. The maximum Gasteiger partial charge on any atom is 0.209 e. The molecule has 0 saturated heterocycles. The van der Waals surface area contributed by atoms with Crippen LogP contribution in [0.25, 0.3) is 0 Å². The fourth-order valence-electron chi connectivity index (χ4n) is 2.51. The number of carbonyl (C=O) groups is 1. The van der Waals surface area contributed by atoms with E-state index in [-0.39, 0.29) is 27.2 Å². The van der Waals surface area contributed by atoms with E-state index in [0.717, 1.165) is 22.9 Å². The molecule has 0 atom stereocenters. The van der Waals surface area contributed by atoms with Crippen molar-refractivity contribution in [2.75, 3.05) is 37.4 Å². The van der Waals surface area contributed by atoms with E-state index in [2.05, 4.69) is 35.4 Å². The molecule has 0 aliphatic carbocycles. The van der Waals surface area contributed by atoms with Gasteiger partial charge >= 0.3 is 0 Å². The van der Waals surface area contributed by atoms with Gasteiger partial charge in [0.25, 0.3) is 0 Å². The molecule has 0 amide bonds. The summed E-state index contributed by atoms with van der Waals surface area (Å²) in [5.74, 6) is 0.810. The van der Waals surface area contributed by atoms with Gasteiger partial charge in [-0.1, -0.05) is 46.7 Å². The molecule has 0 unspecified atom stereocenters. The van der Waals surface area contributed by atoms with Crippen molar-refractivity contribution in [1.29, 1.82) is 0 Å². The lowest BCUT2D eigenvalue weighted by molar-refractivity contribution is 0.104. The van der Waals surface area contributed by atoms with Crippen molar-refractivity contribution in [3.63, 3.8) is 0 Å². The molecule has 0 fully saturated rings. The van der Waals surface area contributed by atoms with E-state index in [9.17, 15) is 4.79 Å². The number of carbonyl (C=O) groups excluding carboxylic acids is 1. The number of nitrogens with two attached hydrogens (primary N) is 1. The molecule has 1 aromatic heterocycles. The maximum absolute atomic E-state index is 12.9. The third-order valence-electron chi connectivity index (χ3n) is 3.94. The number of hydrogen-bond donors (Lipinski definition) is 2. The summed E-state index contributed by atoms with van der Waals surface area (Å²) in [5, 5.41) is 4.33. The first kappa shape index (κ1) is 21.9. The van der Waals surface area contributed by atoms with E-state index in [4.69, 9.17) is 28.9 Å². The summed E-state index contributed by atoms with van der Waals surface area (Å²) in [6, 6.07) is 13.0. The molecule has 152 valence electrons. The third kappa shape index (κ3) is 5.65. The summed E-state index contributed by atoms with van der Waals surface area (Å²) < 4.78 is 0. The highest BCUT2D eigenvalue weighted by Crippen LogP contribution is 2.34. The number of rotatable bonds is 8. The molecule has 2 aromatic carbocycles. The number of hydrogen-bond acceptors (Lipinski definition) is 7. The summed E-state index contributed by atoms with van der Waals surface area (Å²) in [5.41, 5.74) is 7.11. The lowest BCUT2D eigenvalue weighted by atomic mass is 10.1. The zero-order valence-electron chi connectivity index (χ0n) is 15.9. The molecule has 0 aliphatic heterocycles. The van der Waals surface area contributed by atoms with Crippen LogP contribution in [-0.4, -0.2) is 42.1 Å². The normalized spacial score (nSPS) is 11.1. The molecular formula is C20H20Cl2N4OS2. The van der Waals surface area contributed by atoms with E-state index < -0.39 is 0 Å². The second-order valence-electron chi connectivity index (χ2n) is 6.46. The van der Waals surface area contributed by atoms with Crippen molar-refractivity contribution in [2.24, 2.45) is 0 Å². The second kappa shape index (κ2) is 9.82. The first-order valence-electron chi connectivity index (χ1n) is 8.75. The van der Waals surface area contributed by atoms with Crippen LogP contribution < -0.4 is 11.1 Å². The Morgan fingerprint density at radius 3 is 2.59 bits per heavy atom. The standard InChI is InChI=1S/C20H20Cl2N4OS2/c1-26(2)9-10-28-13-6-3-5-12(11-13)24-20-25-19(23)18(29-20)17(27)16-14(21)7-4-8-15(16)22/h3-8,11H,9-10,23H2,1-2H3,(H,24,25). The topological polar surface area (TPSA) is 71.2 Å². The van der Waals surface area contributed by atoms with Crippen LogP contribution in [0.3, 0.4) is 0 Å². The Labute approximate surface area is 188 Å². The van der Waals surface area contributed by atoms with Gasteiger partial charge in [-0.05, 0) is 44.4 Å². The van der Waals surface area contributed by atoms with Crippen LogP contribution >= 0.6 is 46.3 Å². The first-order chi connectivity index (χ1) is 13.8. The van der Waals surface area contributed by atoms with Crippen molar-refractivity contribution in [3.05, 3.63) is 63.0 Å². The molecular weight excluding hydrogens is 447 g/mol. The zero-order valence-corrected chi connectivity index (χ0v) is 19.1. The van der Waals surface area contributed by atoms with Gasteiger partial charge in [0.15, 0.2) is 5.13 Å². The van der Waals surface area contributed by atoms with Gasteiger partial charge in [-0.2, -0.15) is 0 Å². The van der Waals surface area contributed by atoms with Gasteiger partial charge in [0.2, 0.25) is 5.78 Å².